The number of aromatic nitrogens is 5. The lowest BCUT2D eigenvalue weighted by Gasteiger charge is -2.32. The van der Waals surface area contributed by atoms with E-state index in [1.165, 1.54) is 31.3 Å². The molecule has 6 amide bonds. The normalized spacial score (nSPS) is 19.7. The first-order chi connectivity index (χ1) is 36.1. The van der Waals surface area contributed by atoms with Gasteiger partial charge in [-0.15, -0.1) is 5.10 Å². The van der Waals surface area contributed by atoms with E-state index in [9.17, 15) is 28.8 Å². The van der Waals surface area contributed by atoms with Gasteiger partial charge in [-0.1, -0.05) is 24.1 Å². The van der Waals surface area contributed by atoms with Gasteiger partial charge in [0.2, 0.25) is 17.8 Å². The third-order valence-electron chi connectivity index (χ3n) is 14.9. The van der Waals surface area contributed by atoms with Crippen LogP contribution in [0.25, 0.3) is 0 Å². The molecule has 1 aliphatic carbocycles. The van der Waals surface area contributed by atoms with Crippen molar-refractivity contribution in [3.63, 3.8) is 0 Å². The van der Waals surface area contributed by atoms with Crippen LogP contribution in [-0.2, 0) is 32.2 Å². The zero-order valence-corrected chi connectivity index (χ0v) is 43.5. The number of fused-ring (bicyclic) bond motifs is 2. The Hall–Kier alpha value is -7.21. The van der Waals surface area contributed by atoms with Crippen LogP contribution in [0.3, 0.4) is 0 Å². The molecule has 2 aromatic carbocycles. The van der Waals surface area contributed by atoms with Crippen molar-refractivity contribution in [2.24, 2.45) is 0 Å². The zero-order valence-electron chi connectivity index (χ0n) is 43.5. The Morgan fingerprint density at radius 2 is 1.71 bits per heavy atom. The number of nitrogens with one attached hydrogen (secondary N) is 4. The molecule has 1 atom stereocenters. The van der Waals surface area contributed by atoms with Crippen molar-refractivity contribution in [3.8, 4) is 5.75 Å². The molecule has 2 aromatic heterocycles. The van der Waals surface area contributed by atoms with Crippen LogP contribution in [0.2, 0.25) is 0 Å². The Morgan fingerprint density at radius 3 is 2.43 bits per heavy atom. The molecule has 21 nitrogen and oxygen atoms in total. The highest BCUT2D eigenvalue weighted by molar-refractivity contribution is 6.25. The molecule has 5 aliphatic rings. The van der Waals surface area contributed by atoms with Crippen LogP contribution < -0.4 is 35.8 Å². The number of aryl methyl sites for hydroxylation is 1. The van der Waals surface area contributed by atoms with E-state index in [1.54, 1.807) is 22.9 Å². The van der Waals surface area contributed by atoms with E-state index in [4.69, 9.17) is 9.47 Å². The van der Waals surface area contributed by atoms with Gasteiger partial charge in [-0.25, -0.2) is 9.37 Å². The molecule has 1 unspecified atom stereocenters. The van der Waals surface area contributed by atoms with Crippen molar-refractivity contribution >= 4 is 64.3 Å². The van der Waals surface area contributed by atoms with Crippen molar-refractivity contribution in [1.82, 2.24) is 45.4 Å². The first-order valence-electron chi connectivity index (χ1n) is 25.7. The highest BCUT2D eigenvalue weighted by Crippen LogP contribution is 2.41. The predicted octanol–water partition coefficient (Wildman–Crippen LogP) is 5.58. The fraction of sp³-hybridized carbons (Fsp3) is 0.538. The second-order valence-electron chi connectivity index (χ2n) is 21.5. The number of nitrogens with zero attached hydrogens (tertiary/aromatic N) is 9. The fourth-order valence-corrected chi connectivity index (χ4v) is 10.6. The SMILES string of the molecule is COc1cc(C(=O)NC2CCN(Cc3cn(CCC(C)(C)OCCC(C)(C)Nc4cccc5c4C(=O)N(C4CCC(=O)NC4=O)C5=O)nn3)CC2)c(F)cc1Nc1ncc2c(n1)N(C1CCCC1)CC(F)(F)C(=O)N2C. The van der Waals surface area contributed by atoms with Crippen LogP contribution in [0.4, 0.5) is 42.0 Å². The average Bonchev–Trinajstić information content (AvgIpc) is 4.15. The number of methoxy groups -OCH3 is 1. The summed E-state index contributed by atoms with van der Waals surface area (Å²) in [5.74, 6) is -8.41. The van der Waals surface area contributed by atoms with Crippen LogP contribution in [0.1, 0.15) is 129 Å². The molecule has 1 saturated carbocycles. The molecule has 0 bridgehead atoms. The number of halogens is 3. The van der Waals surface area contributed by atoms with Crippen molar-refractivity contribution in [3.05, 3.63) is 70.9 Å². The second kappa shape index (κ2) is 21.4. The van der Waals surface area contributed by atoms with Crippen molar-refractivity contribution < 1.29 is 51.4 Å². The monoisotopic (exact) mass is 1060 g/mol. The number of piperidine rings is 2. The zero-order chi connectivity index (χ0) is 54.3. The number of anilines is 5. The molecule has 2 saturated heterocycles. The summed E-state index contributed by atoms with van der Waals surface area (Å²) < 4.78 is 59.6. The van der Waals surface area contributed by atoms with Crippen LogP contribution in [0, 0.1) is 5.82 Å². The van der Waals surface area contributed by atoms with E-state index in [0.717, 1.165) is 34.4 Å². The van der Waals surface area contributed by atoms with Gasteiger partial charge in [-0.05, 0) is 90.8 Å². The summed E-state index contributed by atoms with van der Waals surface area (Å²) in [5, 5.41) is 20.3. The van der Waals surface area contributed by atoms with Gasteiger partial charge in [0, 0.05) is 81.8 Å². The summed E-state index contributed by atoms with van der Waals surface area (Å²) in [6, 6.07) is 5.85. The van der Waals surface area contributed by atoms with E-state index in [0.29, 0.717) is 77.0 Å². The number of carbonyl (C=O) groups is 6. The Kier molecular flexibility index (Phi) is 15.1. The molecule has 76 heavy (non-hydrogen) atoms. The maximum absolute atomic E-state index is 15.8. The van der Waals surface area contributed by atoms with Gasteiger partial charge in [-0.2, -0.15) is 13.8 Å². The number of ether oxygens (including phenoxy) is 2. The summed E-state index contributed by atoms with van der Waals surface area (Å²) >= 11 is 0. The molecule has 0 spiro atoms. The number of carbonyl (C=O) groups excluding carboxylic acids is 6. The van der Waals surface area contributed by atoms with Crippen LogP contribution >= 0.6 is 0 Å². The van der Waals surface area contributed by atoms with Gasteiger partial charge in [0.25, 0.3) is 23.6 Å². The number of benzene rings is 2. The van der Waals surface area contributed by atoms with Gasteiger partial charge in [-0.3, -0.25) is 48.6 Å². The fourth-order valence-electron chi connectivity index (χ4n) is 10.6. The lowest BCUT2D eigenvalue weighted by atomic mass is 9.98. The molecular formula is C52H64F3N13O8. The molecule has 9 rings (SSSR count). The van der Waals surface area contributed by atoms with E-state index >= 15 is 13.2 Å². The van der Waals surface area contributed by atoms with Gasteiger partial charge in [0.1, 0.15) is 23.3 Å². The largest absolute Gasteiger partial charge is 0.495 e. The summed E-state index contributed by atoms with van der Waals surface area (Å²) in [6.07, 6.45) is 8.80. The van der Waals surface area contributed by atoms with Crippen molar-refractivity contribution in [1.29, 1.82) is 0 Å². The minimum atomic E-state index is -3.64. The predicted molar refractivity (Wildman–Crippen MR) is 272 cm³/mol. The summed E-state index contributed by atoms with van der Waals surface area (Å²) in [6.45, 7) is 9.91. The third kappa shape index (κ3) is 11.5. The van der Waals surface area contributed by atoms with Crippen LogP contribution in [0.15, 0.2) is 42.7 Å². The lowest BCUT2D eigenvalue weighted by Crippen LogP contribution is -2.54. The Balaban J connectivity index is 0.724. The molecule has 406 valence electrons. The molecule has 24 heteroatoms. The molecule has 3 fully saturated rings. The summed E-state index contributed by atoms with van der Waals surface area (Å²) in [7, 11) is 2.63. The van der Waals surface area contributed by atoms with E-state index in [2.05, 4.69) is 46.4 Å². The Labute approximate surface area is 437 Å². The highest BCUT2D eigenvalue weighted by atomic mass is 19.3. The number of rotatable bonds is 18. The molecule has 4 aromatic rings. The van der Waals surface area contributed by atoms with Gasteiger partial charge >= 0.3 is 5.92 Å². The van der Waals surface area contributed by atoms with Gasteiger partial charge < -0.3 is 35.2 Å². The van der Waals surface area contributed by atoms with E-state index < -0.39 is 70.9 Å². The van der Waals surface area contributed by atoms with Crippen LogP contribution in [0.5, 0.6) is 5.75 Å². The third-order valence-corrected chi connectivity index (χ3v) is 14.9. The number of amides is 6. The van der Waals surface area contributed by atoms with Crippen molar-refractivity contribution in [2.45, 2.75) is 140 Å². The molecule has 0 radical (unpaired) electrons. The maximum atomic E-state index is 15.8. The van der Waals surface area contributed by atoms with E-state index in [1.807, 2.05) is 33.9 Å². The summed E-state index contributed by atoms with van der Waals surface area (Å²) in [4.78, 5) is 91.8. The first kappa shape index (κ1) is 53.6. The Morgan fingerprint density at radius 1 is 0.961 bits per heavy atom. The van der Waals surface area contributed by atoms with Crippen LogP contribution in [-0.4, -0.2) is 146 Å². The number of imide groups is 2. The number of hydrogen-bond acceptors (Lipinski definition) is 16. The smallest absolute Gasteiger partial charge is 0.342 e. The lowest BCUT2D eigenvalue weighted by molar-refractivity contribution is -0.140. The van der Waals surface area contributed by atoms with Gasteiger partial charge in [0.05, 0.1) is 53.5 Å². The second-order valence-corrected chi connectivity index (χ2v) is 21.5. The maximum Gasteiger partial charge on any atom is 0.342 e. The quantitative estimate of drug-likeness (QED) is 0.0890. The topological polar surface area (TPSA) is 238 Å². The van der Waals surface area contributed by atoms with Crippen molar-refractivity contribution in [2.75, 3.05) is 60.8 Å². The molecule has 4 aliphatic heterocycles. The van der Waals surface area contributed by atoms with E-state index in [-0.39, 0.29) is 70.5 Å². The van der Waals surface area contributed by atoms with Gasteiger partial charge in [0.15, 0.2) is 5.82 Å². The Bertz CT molecular complexity index is 2920. The highest BCUT2D eigenvalue weighted by Gasteiger charge is 2.49. The molecule has 4 N–H and O–H groups in total. The average molecular weight is 1060 g/mol. The molecule has 6 heterocycles. The number of hydrogen-bond donors (Lipinski definition) is 4. The minimum Gasteiger partial charge on any atom is -0.495 e. The molecular weight excluding hydrogens is 992 g/mol. The standard InChI is InChI=1S/C52H64F3N13O8/c1-50(2,61-36-13-9-12-33-42(36)47(73)68(46(33)72)38-14-15-41(69)59-45(38)71)19-23-76-51(3,4)18-22-66-28-31(62-63-66)27-65-20-16-30(17-21-65)57-44(70)34-24-40(75-6)37(25-35(34)53)58-49-56-26-39-43(60-49)67(32-10-7-8-11-32)29-52(54,55)48(74)64(39)5/h9,12-13,24-26,28,30,32,38,61H,7-8,10-11,14-23,27,29H2,1-6H3,(H,57,70)(H,56,58,60)(H,59,69,71). The summed E-state index contributed by atoms with van der Waals surface area (Å²) in [5.41, 5.74) is 0.589. The number of likely N-dealkylation sites (tertiary alicyclic amines) is 1. The number of alkyl halides is 2. The first-order valence-corrected chi connectivity index (χ1v) is 25.7. The minimum absolute atomic E-state index is 0.0332.